The van der Waals surface area contributed by atoms with Crippen molar-refractivity contribution < 1.29 is 9.47 Å². The van der Waals surface area contributed by atoms with E-state index in [1.54, 1.807) is 0 Å². The maximum Gasteiger partial charge on any atom is 0.146 e. The zero-order valence-electron chi connectivity index (χ0n) is 10.1. The summed E-state index contributed by atoms with van der Waals surface area (Å²) >= 11 is 0. The first-order chi connectivity index (χ1) is 7.46. The number of nitrogen functional groups attached to an aromatic ring is 1. The van der Waals surface area contributed by atoms with E-state index in [0.29, 0.717) is 17.5 Å². The standard InChI is InChI=1S/C13H19NO2/c1-13(2,3)16-11-6-4-5-10(12(11)14)15-9-7-8-9/h4-6,9H,7-8,14H2,1-3H3. The summed E-state index contributed by atoms with van der Waals surface area (Å²) in [6.07, 6.45) is 2.61. The molecule has 0 radical (unpaired) electrons. The fraction of sp³-hybridized carbons (Fsp3) is 0.538. The fourth-order valence-electron chi connectivity index (χ4n) is 1.41. The van der Waals surface area contributed by atoms with Gasteiger partial charge in [0.15, 0.2) is 0 Å². The highest BCUT2D eigenvalue weighted by Crippen LogP contribution is 2.36. The van der Waals surface area contributed by atoms with Crippen LogP contribution in [-0.2, 0) is 0 Å². The Morgan fingerprint density at radius 2 is 1.81 bits per heavy atom. The van der Waals surface area contributed by atoms with Crippen molar-refractivity contribution in [2.45, 2.75) is 45.3 Å². The third-order valence-electron chi connectivity index (χ3n) is 2.26. The van der Waals surface area contributed by atoms with Crippen molar-refractivity contribution in [3.05, 3.63) is 18.2 Å². The molecule has 0 aromatic heterocycles. The maximum absolute atomic E-state index is 6.02. The molecule has 3 nitrogen and oxygen atoms in total. The van der Waals surface area contributed by atoms with E-state index in [4.69, 9.17) is 15.2 Å². The van der Waals surface area contributed by atoms with Gasteiger partial charge in [0.2, 0.25) is 0 Å². The van der Waals surface area contributed by atoms with E-state index in [9.17, 15) is 0 Å². The summed E-state index contributed by atoms with van der Waals surface area (Å²) in [4.78, 5) is 0. The van der Waals surface area contributed by atoms with Gasteiger partial charge in [0.25, 0.3) is 0 Å². The van der Waals surface area contributed by atoms with Crippen LogP contribution in [0.2, 0.25) is 0 Å². The van der Waals surface area contributed by atoms with Gasteiger partial charge in [0.05, 0.1) is 6.10 Å². The molecule has 0 heterocycles. The zero-order valence-corrected chi connectivity index (χ0v) is 10.1. The first-order valence-corrected chi connectivity index (χ1v) is 5.70. The summed E-state index contributed by atoms with van der Waals surface area (Å²) < 4.78 is 11.5. The second-order valence-corrected chi connectivity index (χ2v) is 5.20. The van der Waals surface area contributed by atoms with E-state index >= 15 is 0 Å². The van der Waals surface area contributed by atoms with E-state index < -0.39 is 0 Å². The lowest BCUT2D eigenvalue weighted by molar-refractivity contribution is 0.131. The van der Waals surface area contributed by atoms with E-state index in [1.807, 2.05) is 39.0 Å². The minimum atomic E-state index is -0.244. The number of hydrogen-bond donors (Lipinski definition) is 1. The van der Waals surface area contributed by atoms with E-state index in [0.717, 1.165) is 18.6 Å². The summed E-state index contributed by atoms with van der Waals surface area (Å²) in [6, 6.07) is 5.68. The first kappa shape index (κ1) is 11.1. The van der Waals surface area contributed by atoms with Crippen LogP contribution in [-0.4, -0.2) is 11.7 Å². The van der Waals surface area contributed by atoms with Crippen molar-refractivity contribution in [2.75, 3.05) is 5.73 Å². The third kappa shape index (κ3) is 2.81. The molecule has 0 bridgehead atoms. The van der Waals surface area contributed by atoms with Crippen LogP contribution in [0.25, 0.3) is 0 Å². The van der Waals surface area contributed by atoms with Crippen LogP contribution in [0.4, 0.5) is 5.69 Å². The Balaban J connectivity index is 2.18. The predicted molar refractivity (Wildman–Crippen MR) is 64.9 cm³/mol. The lowest BCUT2D eigenvalue weighted by Gasteiger charge is -2.23. The summed E-state index contributed by atoms with van der Waals surface area (Å²) in [5, 5.41) is 0. The molecular formula is C13H19NO2. The van der Waals surface area contributed by atoms with Crippen LogP contribution in [0.15, 0.2) is 18.2 Å². The van der Waals surface area contributed by atoms with Crippen LogP contribution in [0.3, 0.4) is 0 Å². The molecule has 0 saturated heterocycles. The van der Waals surface area contributed by atoms with Crippen LogP contribution in [0.5, 0.6) is 11.5 Å². The third-order valence-corrected chi connectivity index (χ3v) is 2.26. The second-order valence-electron chi connectivity index (χ2n) is 5.20. The number of benzene rings is 1. The number of para-hydroxylation sites is 1. The van der Waals surface area contributed by atoms with Crippen molar-refractivity contribution >= 4 is 5.69 Å². The van der Waals surface area contributed by atoms with E-state index in [1.165, 1.54) is 0 Å². The molecule has 1 aliphatic rings. The molecule has 0 unspecified atom stereocenters. The molecule has 0 amide bonds. The summed E-state index contributed by atoms with van der Waals surface area (Å²) in [7, 11) is 0. The van der Waals surface area contributed by atoms with Gasteiger partial charge in [0, 0.05) is 0 Å². The van der Waals surface area contributed by atoms with Crippen LogP contribution in [0.1, 0.15) is 33.6 Å². The molecule has 2 N–H and O–H groups in total. The molecule has 0 aliphatic heterocycles. The maximum atomic E-state index is 6.02. The van der Waals surface area contributed by atoms with Gasteiger partial charge in [-0.3, -0.25) is 0 Å². The van der Waals surface area contributed by atoms with Crippen LogP contribution < -0.4 is 15.2 Å². The van der Waals surface area contributed by atoms with Gasteiger partial charge < -0.3 is 15.2 Å². The average molecular weight is 221 g/mol. The molecule has 2 rings (SSSR count). The van der Waals surface area contributed by atoms with Gasteiger partial charge in [0.1, 0.15) is 22.8 Å². The molecule has 1 saturated carbocycles. The molecule has 1 aromatic rings. The predicted octanol–water partition coefficient (Wildman–Crippen LogP) is 2.99. The zero-order chi connectivity index (χ0) is 11.8. The Kier molecular flexibility index (Phi) is 2.70. The Morgan fingerprint density at radius 3 is 2.38 bits per heavy atom. The molecule has 0 atom stereocenters. The Bertz CT molecular complexity index is 378. The van der Waals surface area contributed by atoms with Gasteiger partial charge in [-0.25, -0.2) is 0 Å². The average Bonchev–Trinajstić information content (AvgIpc) is 2.93. The number of hydrogen-bond acceptors (Lipinski definition) is 3. The highest BCUT2D eigenvalue weighted by atomic mass is 16.5. The molecule has 88 valence electrons. The smallest absolute Gasteiger partial charge is 0.146 e. The molecule has 3 heteroatoms. The van der Waals surface area contributed by atoms with Gasteiger partial charge in [-0.2, -0.15) is 0 Å². The highest BCUT2D eigenvalue weighted by molar-refractivity contribution is 5.62. The summed E-state index contributed by atoms with van der Waals surface area (Å²) in [5.74, 6) is 1.44. The Morgan fingerprint density at radius 1 is 1.19 bits per heavy atom. The van der Waals surface area contributed by atoms with Crippen molar-refractivity contribution in [1.29, 1.82) is 0 Å². The van der Waals surface area contributed by atoms with Gasteiger partial charge in [-0.1, -0.05) is 6.07 Å². The monoisotopic (exact) mass is 221 g/mol. The Labute approximate surface area is 96.5 Å². The molecule has 0 spiro atoms. The quantitative estimate of drug-likeness (QED) is 0.798. The van der Waals surface area contributed by atoms with E-state index in [-0.39, 0.29) is 5.60 Å². The van der Waals surface area contributed by atoms with Crippen molar-refractivity contribution in [1.82, 2.24) is 0 Å². The molecule has 1 aliphatic carbocycles. The first-order valence-electron chi connectivity index (χ1n) is 5.70. The fourth-order valence-corrected chi connectivity index (χ4v) is 1.41. The topological polar surface area (TPSA) is 44.5 Å². The number of anilines is 1. The molecule has 1 fully saturated rings. The second kappa shape index (κ2) is 3.89. The number of ether oxygens (including phenoxy) is 2. The highest BCUT2D eigenvalue weighted by Gasteiger charge is 2.25. The molecule has 16 heavy (non-hydrogen) atoms. The van der Waals surface area contributed by atoms with Crippen molar-refractivity contribution in [3.63, 3.8) is 0 Å². The normalized spacial score (nSPS) is 15.9. The minimum absolute atomic E-state index is 0.244. The van der Waals surface area contributed by atoms with E-state index in [2.05, 4.69) is 0 Å². The SMILES string of the molecule is CC(C)(C)Oc1cccc(OC2CC2)c1N. The Hall–Kier alpha value is -1.38. The summed E-state index contributed by atoms with van der Waals surface area (Å²) in [5.41, 5.74) is 6.37. The van der Waals surface area contributed by atoms with Gasteiger partial charge >= 0.3 is 0 Å². The number of rotatable bonds is 3. The molecular weight excluding hydrogens is 202 g/mol. The number of nitrogens with two attached hydrogens (primary N) is 1. The molecule has 1 aromatic carbocycles. The summed E-state index contributed by atoms with van der Waals surface area (Å²) in [6.45, 7) is 6.00. The lowest BCUT2D eigenvalue weighted by Crippen LogP contribution is -2.23. The largest absolute Gasteiger partial charge is 0.488 e. The lowest BCUT2D eigenvalue weighted by atomic mass is 10.2. The van der Waals surface area contributed by atoms with Crippen molar-refractivity contribution in [3.8, 4) is 11.5 Å². The van der Waals surface area contributed by atoms with Gasteiger partial charge in [-0.05, 0) is 45.7 Å². The van der Waals surface area contributed by atoms with Gasteiger partial charge in [-0.15, -0.1) is 0 Å². The van der Waals surface area contributed by atoms with Crippen molar-refractivity contribution in [2.24, 2.45) is 0 Å². The van der Waals surface area contributed by atoms with Crippen LogP contribution >= 0.6 is 0 Å². The van der Waals surface area contributed by atoms with Crippen LogP contribution in [0, 0.1) is 0 Å². The minimum Gasteiger partial charge on any atom is -0.488 e.